The zero-order chi connectivity index (χ0) is 12.5. The maximum atomic E-state index is 12.3. The highest BCUT2D eigenvalue weighted by molar-refractivity contribution is 7.99. The summed E-state index contributed by atoms with van der Waals surface area (Å²) in [6.07, 6.45) is -3.52. The van der Waals surface area contributed by atoms with Crippen molar-refractivity contribution in [2.75, 3.05) is 11.5 Å². The van der Waals surface area contributed by atoms with Gasteiger partial charge in [-0.05, 0) is 24.3 Å². The third-order valence-corrected chi connectivity index (χ3v) is 3.96. The van der Waals surface area contributed by atoms with E-state index in [9.17, 15) is 18.0 Å². The molecule has 17 heavy (non-hydrogen) atoms. The summed E-state index contributed by atoms with van der Waals surface area (Å²) in [5.41, 5.74) is -0.333. The van der Waals surface area contributed by atoms with Crippen LogP contribution in [0.25, 0.3) is 0 Å². The lowest BCUT2D eigenvalue weighted by atomic mass is 9.96. The minimum Gasteiger partial charge on any atom is -0.294 e. The molecule has 1 nitrogen and oxygen atoms in total. The standard InChI is InChI=1S/C12H11F3OS/c13-12(14,15)10-3-1-8(2-4-10)11(16)9-5-6-17-7-9/h1-4,9H,5-7H2. The molecule has 1 atom stereocenters. The molecule has 1 aromatic rings. The molecule has 0 radical (unpaired) electrons. The fraction of sp³-hybridized carbons (Fsp3) is 0.417. The number of rotatable bonds is 2. The van der Waals surface area contributed by atoms with Crippen LogP contribution in [0, 0.1) is 5.92 Å². The minimum atomic E-state index is -4.34. The lowest BCUT2D eigenvalue weighted by Crippen LogP contribution is -2.14. The lowest BCUT2D eigenvalue weighted by Gasteiger charge is -2.09. The fourth-order valence-electron chi connectivity index (χ4n) is 1.80. The van der Waals surface area contributed by atoms with Crippen LogP contribution in [0.15, 0.2) is 24.3 Å². The molecule has 0 N–H and O–H groups in total. The minimum absolute atomic E-state index is 0.0308. The molecular formula is C12H11F3OS. The zero-order valence-electron chi connectivity index (χ0n) is 8.96. The molecule has 0 aliphatic carbocycles. The van der Waals surface area contributed by atoms with Crippen molar-refractivity contribution in [3.05, 3.63) is 35.4 Å². The van der Waals surface area contributed by atoms with Crippen LogP contribution in [0.4, 0.5) is 13.2 Å². The molecule has 1 aliphatic rings. The molecule has 1 aliphatic heterocycles. The molecular weight excluding hydrogens is 249 g/mol. The molecule has 92 valence electrons. The first-order chi connectivity index (χ1) is 7.98. The number of alkyl halides is 3. The molecule has 1 heterocycles. The fourth-order valence-corrected chi connectivity index (χ4v) is 3.02. The van der Waals surface area contributed by atoms with E-state index >= 15 is 0 Å². The van der Waals surface area contributed by atoms with E-state index < -0.39 is 11.7 Å². The highest BCUT2D eigenvalue weighted by Crippen LogP contribution is 2.30. The van der Waals surface area contributed by atoms with Crippen LogP contribution in [0.3, 0.4) is 0 Å². The van der Waals surface area contributed by atoms with E-state index in [2.05, 4.69) is 0 Å². The summed E-state index contributed by atoms with van der Waals surface area (Å²) in [5.74, 6) is 1.66. The molecule has 5 heteroatoms. The van der Waals surface area contributed by atoms with Crippen LogP contribution in [-0.2, 0) is 6.18 Å². The molecule has 0 aromatic heterocycles. The summed E-state index contributed by atoms with van der Waals surface area (Å²) < 4.78 is 37.0. The number of Topliss-reactive ketones (excluding diaryl/α,β-unsaturated/α-hetero) is 1. The third-order valence-electron chi connectivity index (χ3n) is 2.80. The number of carbonyl (C=O) groups is 1. The number of thioether (sulfide) groups is 1. The number of hydrogen-bond donors (Lipinski definition) is 0. The summed E-state index contributed by atoms with van der Waals surface area (Å²) >= 11 is 1.71. The van der Waals surface area contributed by atoms with Gasteiger partial charge in [0.2, 0.25) is 0 Å². The molecule has 1 fully saturated rings. The Balaban J connectivity index is 2.15. The average molecular weight is 260 g/mol. The van der Waals surface area contributed by atoms with Crippen molar-refractivity contribution in [3.63, 3.8) is 0 Å². The van der Waals surface area contributed by atoms with Crippen LogP contribution >= 0.6 is 11.8 Å². The van der Waals surface area contributed by atoms with E-state index in [1.54, 1.807) is 11.8 Å². The Labute approximate surface area is 101 Å². The largest absolute Gasteiger partial charge is 0.416 e. The van der Waals surface area contributed by atoms with Crippen molar-refractivity contribution in [1.29, 1.82) is 0 Å². The Kier molecular flexibility index (Phi) is 3.47. The maximum absolute atomic E-state index is 12.3. The molecule has 1 unspecified atom stereocenters. The summed E-state index contributed by atoms with van der Waals surface area (Å²) in [6.45, 7) is 0. The first-order valence-corrected chi connectivity index (χ1v) is 6.43. The van der Waals surface area contributed by atoms with Crippen LogP contribution in [0.1, 0.15) is 22.3 Å². The van der Waals surface area contributed by atoms with Gasteiger partial charge in [0.15, 0.2) is 5.78 Å². The van der Waals surface area contributed by atoms with Gasteiger partial charge in [0.1, 0.15) is 0 Å². The smallest absolute Gasteiger partial charge is 0.294 e. The highest BCUT2D eigenvalue weighted by Gasteiger charge is 2.31. The molecule has 2 rings (SSSR count). The number of ketones is 1. The van der Waals surface area contributed by atoms with E-state index in [1.165, 1.54) is 12.1 Å². The second-order valence-corrected chi connectivity index (χ2v) is 5.15. The maximum Gasteiger partial charge on any atom is 0.416 e. The van der Waals surface area contributed by atoms with Gasteiger partial charge in [0.25, 0.3) is 0 Å². The van der Waals surface area contributed by atoms with Crippen LogP contribution in [0.2, 0.25) is 0 Å². The van der Waals surface area contributed by atoms with Gasteiger partial charge in [0, 0.05) is 17.2 Å². The van der Waals surface area contributed by atoms with Crippen molar-refractivity contribution >= 4 is 17.5 Å². The van der Waals surface area contributed by atoms with Crippen molar-refractivity contribution < 1.29 is 18.0 Å². The Hall–Kier alpha value is -0.970. The Morgan fingerprint density at radius 1 is 1.24 bits per heavy atom. The van der Waals surface area contributed by atoms with Crippen molar-refractivity contribution in [2.24, 2.45) is 5.92 Å². The van der Waals surface area contributed by atoms with Crippen molar-refractivity contribution in [2.45, 2.75) is 12.6 Å². The number of hydrogen-bond acceptors (Lipinski definition) is 2. The Bertz CT molecular complexity index is 405. The van der Waals surface area contributed by atoms with Gasteiger partial charge in [-0.1, -0.05) is 12.1 Å². The first kappa shape index (κ1) is 12.5. The van der Waals surface area contributed by atoms with E-state index in [1.807, 2.05) is 0 Å². The highest BCUT2D eigenvalue weighted by atomic mass is 32.2. The van der Waals surface area contributed by atoms with Crippen LogP contribution < -0.4 is 0 Å². The van der Waals surface area contributed by atoms with Gasteiger partial charge in [0.05, 0.1) is 5.56 Å². The SMILES string of the molecule is O=C(c1ccc(C(F)(F)F)cc1)C1CCSC1. The Morgan fingerprint density at radius 3 is 2.35 bits per heavy atom. The van der Waals surface area contributed by atoms with E-state index in [4.69, 9.17) is 0 Å². The quantitative estimate of drug-likeness (QED) is 0.755. The molecule has 1 aromatic carbocycles. The van der Waals surface area contributed by atoms with Crippen molar-refractivity contribution in [3.8, 4) is 0 Å². The lowest BCUT2D eigenvalue weighted by molar-refractivity contribution is -0.137. The topological polar surface area (TPSA) is 17.1 Å². The second kappa shape index (κ2) is 4.72. The summed E-state index contributed by atoms with van der Waals surface area (Å²) in [6, 6.07) is 4.48. The molecule has 0 saturated carbocycles. The number of benzene rings is 1. The monoisotopic (exact) mass is 260 g/mol. The third kappa shape index (κ3) is 2.83. The van der Waals surface area contributed by atoms with Gasteiger partial charge in [-0.3, -0.25) is 4.79 Å². The summed E-state index contributed by atoms with van der Waals surface area (Å²) in [7, 11) is 0. The van der Waals surface area contributed by atoms with Gasteiger partial charge in [-0.15, -0.1) is 0 Å². The van der Waals surface area contributed by atoms with Crippen LogP contribution in [0.5, 0.6) is 0 Å². The predicted molar refractivity (Wildman–Crippen MR) is 61.2 cm³/mol. The van der Waals surface area contributed by atoms with E-state index in [0.29, 0.717) is 5.56 Å². The first-order valence-electron chi connectivity index (χ1n) is 5.27. The number of carbonyl (C=O) groups excluding carboxylic acids is 1. The van der Waals surface area contributed by atoms with Gasteiger partial charge >= 0.3 is 6.18 Å². The Morgan fingerprint density at radius 2 is 1.88 bits per heavy atom. The zero-order valence-corrected chi connectivity index (χ0v) is 9.77. The van der Waals surface area contributed by atoms with Gasteiger partial charge in [-0.25, -0.2) is 0 Å². The van der Waals surface area contributed by atoms with Crippen molar-refractivity contribution in [1.82, 2.24) is 0 Å². The van der Waals surface area contributed by atoms with Gasteiger partial charge < -0.3 is 0 Å². The summed E-state index contributed by atoms with van der Waals surface area (Å²) in [5, 5.41) is 0. The normalized spacial score (nSPS) is 20.5. The number of halogens is 3. The van der Waals surface area contributed by atoms with Gasteiger partial charge in [-0.2, -0.15) is 24.9 Å². The molecule has 1 saturated heterocycles. The second-order valence-electron chi connectivity index (χ2n) is 4.00. The molecule has 0 bridgehead atoms. The molecule has 0 spiro atoms. The van der Waals surface area contributed by atoms with Crippen LogP contribution in [-0.4, -0.2) is 17.3 Å². The predicted octanol–water partition coefficient (Wildman–Crippen LogP) is 3.64. The van der Waals surface area contributed by atoms with E-state index in [0.717, 1.165) is 30.1 Å². The van der Waals surface area contributed by atoms with E-state index in [-0.39, 0.29) is 11.7 Å². The molecule has 0 amide bonds. The summed E-state index contributed by atoms with van der Waals surface area (Å²) in [4.78, 5) is 11.9. The average Bonchev–Trinajstić information content (AvgIpc) is 2.80.